The molecule has 0 spiro atoms. The Balaban J connectivity index is 2.07. The maximum absolute atomic E-state index is 9.72. The smallest absolute Gasteiger partial charge is 0.229 e. The molecule has 0 fully saturated rings. The number of aromatic nitrogens is 2. The van der Waals surface area contributed by atoms with Crippen LogP contribution in [-0.2, 0) is 12.8 Å². The van der Waals surface area contributed by atoms with Crippen molar-refractivity contribution in [3.8, 4) is 11.4 Å². The average Bonchev–Trinajstić information content (AvgIpc) is 2.87. The van der Waals surface area contributed by atoms with Crippen molar-refractivity contribution in [3.63, 3.8) is 0 Å². The number of nitrogens with zero attached hydrogens (tertiary/aromatic N) is 2. The van der Waals surface area contributed by atoms with E-state index in [-0.39, 0.29) is 0 Å². The second-order valence-corrected chi connectivity index (χ2v) is 4.71. The van der Waals surface area contributed by atoms with Crippen LogP contribution in [0.5, 0.6) is 0 Å². The summed E-state index contributed by atoms with van der Waals surface area (Å²) in [7, 11) is 0. The summed E-state index contributed by atoms with van der Waals surface area (Å²) in [6, 6.07) is 8.13. The first-order chi connectivity index (χ1) is 9.22. The van der Waals surface area contributed by atoms with E-state index in [1.165, 1.54) is 5.56 Å². The highest BCUT2D eigenvalue weighted by Crippen LogP contribution is 2.17. The largest absolute Gasteiger partial charge is 0.393 e. The summed E-state index contributed by atoms with van der Waals surface area (Å²) < 4.78 is 5.17. The van der Waals surface area contributed by atoms with Crippen LogP contribution in [0.3, 0.4) is 0 Å². The predicted molar refractivity (Wildman–Crippen MR) is 73.7 cm³/mol. The van der Waals surface area contributed by atoms with E-state index in [9.17, 15) is 5.11 Å². The lowest BCUT2D eigenvalue weighted by Gasteiger charge is -2.03. The Kier molecular flexibility index (Phi) is 4.68. The third-order valence-corrected chi connectivity index (χ3v) is 3.12. The van der Waals surface area contributed by atoms with Gasteiger partial charge in [0.2, 0.25) is 11.7 Å². The van der Waals surface area contributed by atoms with Gasteiger partial charge in [-0.15, -0.1) is 0 Å². The number of rotatable bonds is 6. The first kappa shape index (κ1) is 13.7. The summed E-state index contributed by atoms with van der Waals surface area (Å²) in [5.41, 5.74) is 2.23. The van der Waals surface area contributed by atoms with Crippen LogP contribution in [-0.4, -0.2) is 21.4 Å². The minimum atomic E-state index is -0.402. The zero-order valence-electron chi connectivity index (χ0n) is 11.5. The van der Waals surface area contributed by atoms with Crippen LogP contribution < -0.4 is 0 Å². The highest BCUT2D eigenvalue weighted by Gasteiger charge is 2.12. The van der Waals surface area contributed by atoms with Crippen molar-refractivity contribution in [2.24, 2.45) is 0 Å². The lowest BCUT2D eigenvalue weighted by Crippen LogP contribution is -2.09. The van der Waals surface area contributed by atoms with Crippen molar-refractivity contribution in [2.45, 2.75) is 45.6 Å². The normalized spacial score (nSPS) is 12.6. The molecule has 4 nitrogen and oxygen atoms in total. The maximum atomic E-state index is 9.72. The van der Waals surface area contributed by atoms with Crippen molar-refractivity contribution in [3.05, 3.63) is 35.7 Å². The molecule has 1 N–H and O–H groups in total. The van der Waals surface area contributed by atoms with Crippen LogP contribution in [0.25, 0.3) is 11.4 Å². The fourth-order valence-electron chi connectivity index (χ4n) is 1.98. The maximum Gasteiger partial charge on any atom is 0.229 e. The molecule has 0 saturated heterocycles. The number of hydrogen-bond acceptors (Lipinski definition) is 4. The molecule has 0 amide bonds. The van der Waals surface area contributed by atoms with Gasteiger partial charge >= 0.3 is 0 Å². The molecule has 2 rings (SSSR count). The summed E-state index contributed by atoms with van der Waals surface area (Å²) in [5.74, 6) is 1.08. The van der Waals surface area contributed by atoms with Gasteiger partial charge in [0.1, 0.15) is 0 Å². The number of aliphatic hydroxyl groups is 1. The van der Waals surface area contributed by atoms with E-state index in [0.717, 1.165) is 24.8 Å². The van der Waals surface area contributed by atoms with Crippen LogP contribution >= 0.6 is 0 Å². The third kappa shape index (κ3) is 3.64. The molecule has 102 valence electrons. The molecule has 1 heterocycles. The topological polar surface area (TPSA) is 59.2 Å². The van der Waals surface area contributed by atoms with E-state index in [1.54, 1.807) is 0 Å². The second-order valence-electron chi connectivity index (χ2n) is 4.71. The van der Waals surface area contributed by atoms with Gasteiger partial charge in [0.25, 0.3) is 0 Å². The molecule has 4 heteroatoms. The lowest BCUT2D eigenvalue weighted by atomic mass is 10.1. The summed E-state index contributed by atoms with van der Waals surface area (Å²) in [6.07, 6.45) is 2.74. The van der Waals surface area contributed by atoms with Gasteiger partial charge < -0.3 is 9.63 Å². The Morgan fingerprint density at radius 3 is 2.58 bits per heavy atom. The summed E-state index contributed by atoms with van der Waals surface area (Å²) >= 11 is 0. The standard InChI is InChI=1S/C15H20N2O2/c1-3-5-13(18)10-14-16-15(17-19-14)12-8-6-11(4-2)7-9-12/h6-9,13,18H,3-5,10H2,1-2H3. The van der Waals surface area contributed by atoms with E-state index >= 15 is 0 Å². The molecule has 0 aliphatic rings. The van der Waals surface area contributed by atoms with E-state index < -0.39 is 6.10 Å². The van der Waals surface area contributed by atoms with Crippen LogP contribution in [0.2, 0.25) is 0 Å². The lowest BCUT2D eigenvalue weighted by molar-refractivity contribution is 0.152. The Bertz CT molecular complexity index is 505. The number of hydrogen-bond donors (Lipinski definition) is 1. The molecule has 2 aromatic rings. The molecule has 0 saturated carbocycles. The molecule has 1 atom stereocenters. The summed E-state index contributed by atoms with van der Waals surface area (Å²) in [5, 5.41) is 13.7. The van der Waals surface area contributed by atoms with Crippen LogP contribution in [0.1, 0.15) is 38.1 Å². The Labute approximate surface area is 113 Å². The number of benzene rings is 1. The van der Waals surface area contributed by atoms with Crippen molar-refractivity contribution < 1.29 is 9.63 Å². The molecule has 0 aliphatic heterocycles. The van der Waals surface area contributed by atoms with E-state index in [4.69, 9.17) is 4.52 Å². The van der Waals surface area contributed by atoms with Gasteiger partial charge in [0.05, 0.1) is 12.5 Å². The van der Waals surface area contributed by atoms with Crippen molar-refractivity contribution in [2.75, 3.05) is 0 Å². The monoisotopic (exact) mass is 260 g/mol. The highest BCUT2D eigenvalue weighted by molar-refractivity contribution is 5.54. The zero-order chi connectivity index (χ0) is 13.7. The van der Waals surface area contributed by atoms with E-state index in [0.29, 0.717) is 18.1 Å². The van der Waals surface area contributed by atoms with Gasteiger partial charge in [0.15, 0.2) is 0 Å². The fourth-order valence-corrected chi connectivity index (χ4v) is 1.98. The first-order valence-corrected chi connectivity index (χ1v) is 6.82. The zero-order valence-corrected chi connectivity index (χ0v) is 11.5. The molecule has 19 heavy (non-hydrogen) atoms. The van der Waals surface area contributed by atoms with E-state index in [1.807, 2.05) is 19.1 Å². The molecular weight excluding hydrogens is 240 g/mol. The van der Waals surface area contributed by atoms with Gasteiger partial charge in [0, 0.05) is 5.56 Å². The Hall–Kier alpha value is -1.68. The second kappa shape index (κ2) is 6.48. The van der Waals surface area contributed by atoms with Crippen molar-refractivity contribution in [1.29, 1.82) is 0 Å². The van der Waals surface area contributed by atoms with Crippen molar-refractivity contribution in [1.82, 2.24) is 10.1 Å². The predicted octanol–water partition coefficient (Wildman–Crippen LogP) is 3.00. The highest BCUT2D eigenvalue weighted by atomic mass is 16.5. The molecular formula is C15H20N2O2. The number of aryl methyl sites for hydroxylation is 1. The van der Waals surface area contributed by atoms with Crippen molar-refractivity contribution >= 4 is 0 Å². The van der Waals surface area contributed by atoms with Gasteiger partial charge in [-0.2, -0.15) is 4.98 Å². The third-order valence-electron chi connectivity index (χ3n) is 3.12. The summed E-state index contributed by atoms with van der Waals surface area (Å²) in [4.78, 5) is 4.32. The fraction of sp³-hybridized carbons (Fsp3) is 0.467. The van der Waals surface area contributed by atoms with E-state index in [2.05, 4.69) is 29.2 Å². The minimum absolute atomic E-state index is 0.402. The van der Waals surface area contributed by atoms with Gasteiger partial charge in [-0.3, -0.25) is 0 Å². The Morgan fingerprint density at radius 2 is 1.95 bits per heavy atom. The molecule has 1 aromatic carbocycles. The average molecular weight is 260 g/mol. The quantitative estimate of drug-likeness (QED) is 0.867. The molecule has 1 unspecified atom stereocenters. The van der Waals surface area contributed by atoms with Crippen LogP contribution in [0, 0.1) is 0 Å². The first-order valence-electron chi connectivity index (χ1n) is 6.82. The van der Waals surface area contributed by atoms with Crippen LogP contribution in [0.15, 0.2) is 28.8 Å². The van der Waals surface area contributed by atoms with Crippen LogP contribution in [0.4, 0.5) is 0 Å². The molecule has 0 bridgehead atoms. The molecule has 1 aromatic heterocycles. The Morgan fingerprint density at radius 1 is 1.21 bits per heavy atom. The van der Waals surface area contributed by atoms with Gasteiger partial charge in [-0.25, -0.2) is 0 Å². The SMILES string of the molecule is CCCC(O)Cc1nc(-c2ccc(CC)cc2)no1. The molecule has 0 aliphatic carbocycles. The van der Waals surface area contributed by atoms with Gasteiger partial charge in [-0.05, 0) is 18.4 Å². The molecule has 0 radical (unpaired) electrons. The summed E-state index contributed by atoms with van der Waals surface area (Å²) in [6.45, 7) is 4.16. The minimum Gasteiger partial charge on any atom is -0.393 e. The van der Waals surface area contributed by atoms with Gasteiger partial charge in [-0.1, -0.05) is 49.7 Å². The number of aliphatic hydroxyl groups excluding tert-OH is 1.